The second kappa shape index (κ2) is 8.01. The van der Waals surface area contributed by atoms with Crippen LogP contribution in [0.1, 0.15) is 17.0 Å². The number of pyridine rings is 3. The molecular weight excluding hydrogens is 372 g/mol. The van der Waals surface area contributed by atoms with E-state index in [0.717, 1.165) is 33.3 Å². The number of hydrogen-bond donors (Lipinski definition) is 0. The van der Waals surface area contributed by atoms with E-state index in [4.69, 9.17) is 0 Å². The van der Waals surface area contributed by atoms with Gasteiger partial charge in [-0.25, -0.2) is 0 Å². The molecule has 146 valence electrons. The van der Waals surface area contributed by atoms with Crippen LogP contribution in [0.4, 0.5) is 8.78 Å². The molecule has 0 atom stereocenters. The van der Waals surface area contributed by atoms with E-state index in [1.54, 1.807) is 18.5 Å². The summed E-state index contributed by atoms with van der Waals surface area (Å²) in [5.74, 6) is -3.11. The van der Waals surface area contributed by atoms with Crippen molar-refractivity contribution in [1.82, 2.24) is 15.0 Å². The van der Waals surface area contributed by atoms with E-state index in [2.05, 4.69) is 19.7 Å². The van der Waals surface area contributed by atoms with Gasteiger partial charge in [-0.15, -0.1) is 0 Å². The predicted molar refractivity (Wildman–Crippen MR) is 108 cm³/mol. The molecule has 4 rings (SSSR count). The van der Waals surface area contributed by atoms with Crippen LogP contribution in [0.25, 0.3) is 22.0 Å². The van der Waals surface area contributed by atoms with Gasteiger partial charge >= 0.3 is 5.92 Å². The number of para-hydroxylation sites is 1. The van der Waals surface area contributed by atoms with Crippen molar-refractivity contribution in [3.8, 4) is 11.1 Å². The Morgan fingerprint density at radius 3 is 2.41 bits per heavy atom. The van der Waals surface area contributed by atoms with Crippen molar-refractivity contribution < 1.29 is 13.5 Å². The Kier molecular flexibility index (Phi) is 5.27. The Morgan fingerprint density at radius 1 is 0.862 bits per heavy atom. The van der Waals surface area contributed by atoms with Crippen LogP contribution in [-0.2, 0) is 17.1 Å². The topological polar surface area (TPSA) is 47.9 Å². The highest BCUT2D eigenvalue weighted by Gasteiger charge is 2.33. The fraction of sp³-hybridized carbons (Fsp3) is 0.174. The summed E-state index contributed by atoms with van der Waals surface area (Å²) in [5, 5.41) is 1.05. The zero-order valence-electron chi connectivity index (χ0n) is 15.8. The van der Waals surface area contributed by atoms with Crippen molar-refractivity contribution in [1.29, 1.82) is 0 Å². The molecule has 0 amide bonds. The highest BCUT2D eigenvalue weighted by atomic mass is 19.3. The lowest BCUT2D eigenvalue weighted by molar-refractivity contribution is -0.0731. The average Bonchev–Trinajstić information content (AvgIpc) is 2.74. The molecule has 6 heteroatoms. The first-order valence-corrected chi connectivity index (χ1v) is 9.19. The molecule has 0 fully saturated rings. The lowest BCUT2D eigenvalue weighted by Gasteiger charge is -2.15. The minimum Gasteiger partial charge on any atom is -0.378 e. The molecule has 0 saturated heterocycles. The standard InChI is InChI=1S/C23H19F2N3O/c1-29-15-23(24,25)21-10-9-16(14-28-21)13-20-18(8-4-11-26-20)19-7-2-5-17-6-3-12-27-22(17)19/h2-12,14H,13,15H2,1H3. The number of hydrogen-bond acceptors (Lipinski definition) is 4. The molecule has 0 spiro atoms. The number of rotatable bonds is 6. The summed E-state index contributed by atoms with van der Waals surface area (Å²) in [6.07, 6.45) is 5.44. The first kappa shape index (κ1) is 19.1. The van der Waals surface area contributed by atoms with Crippen molar-refractivity contribution in [3.05, 3.63) is 90.1 Å². The first-order valence-electron chi connectivity index (χ1n) is 9.19. The summed E-state index contributed by atoms with van der Waals surface area (Å²) in [6, 6.07) is 16.8. The summed E-state index contributed by atoms with van der Waals surface area (Å²) >= 11 is 0. The number of nitrogens with zero attached hydrogens (tertiary/aromatic N) is 3. The van der Waals surface area contributed by atoms with Crippen LogP contribution in [0.5, 0.6) is 0 Å². The molecule has 29 heavy (non-hydrogen) atoms. The van der Waals surface area contributed by atoms with Gasteiger partial charge in [-0.1, -0.05) is 36.4 Å². The van der Waals surface area contributed by atoms with Crippen LogP contribution in [0, 0.1) is 0 Å². The monoisotopic (exact) mass is 391 g/mol. The van der Waals surface area contributed by atoms with Crippen molar-refractivity contribution in [2.75, 3.05) is 13.7 Å². The quantitative estimate of drug-likeness (QED) is 0.463. The molecule has 0 saturated carbocycles. The maximum Gasteiger partial charge on any atom is 0.312 e. The molecule has 4 aromatic rings. The molecular formula is C23H19F2N3O. The second-order valence-electron chi connectivity index (χ2n) is 6.74. The minimum atomic E-state index is -3.11. The van der Waals surface area contributed by atoms with Crippen LogP contribution in [-0.4, -0.2) is 28.7 Å². The van der Waals surface area contributed by atoms with E-state index in [-0.39, 0.29) is 5.69 Å². The van der Waals surface area contributed by atoms with Gasteiger partial charge in [-0.3, -0.25) is 15.0 Å². The summed E-state index contributed by atoms with van der Waals surface area (Å²) < 4.78 is 32.5. The molecule has 0 N–H and O–H groups in total. The first-order chi connectivity index (χ1) is 14.1. The molecule has 1 aromatic carbocycles. The maximum absolute atomic E-state index is 13.9. The third kappa shape index (κ3) is 3.98. The third-order valence-electron chi connectivity index (χ3n) is 4.71. The van der Waals surface area contributed by atoms with E-state index >= 15 is 0 Å². The summed E-state index contributed by atoms with van der Waals surface area (Å²) in [7, 11) is 1.24. The van der Waals surface area contributed by atoms with Gasteiger partial charge in [0, 0.05) is 48.6 Å². The fourth-order valence-electron chi connectivity index (χ4n) is 3.34. The Bertz CT molecular complexity index is 1120. The molecule has 0 aliphatic carbocycles. The Morgan fingerprint density at radius 2 is 1.62 bits per heavy atom. The van der Waals surface area contributed by atoms with Crippen LogP contribution in [0.3, 0.4) is 0 Å². The maximum atomic E-state index is 13.9. The van der Waals surface area contributed by atoms with Gasteiger partial charge in [-0.2, -0.15) is 8.78 Å². The van der Waals surface area contributed by atoms with Gasteiger partial charge in [0.2, 0.25) is 0 Å². The average molecular weight is 391 g/mol. The van der Waals surface area contributed by atoms with E-state index in [9.17, 15) is 8.78 Å². The van der Waals surface area contributed by atoms with Crippen LogP contribution in [0.15, 0.2) is 73.2 Å². The molecule has 0 aliphatic heterocycles. The van der Waals surface area contributed by atoms with Gasteiger partial charge in [0.15, 0.2) is 0 Å². The second-order valence-corrected chi connectivity index (χ2v) is 6.74. The number of ether oxygens (including phenoxy) is 1. The van der Waals surface area contributed by atoms with Crippen molar-refractivity contribution in [3.63, 3.8) is 0 Å². The molecule has 0 radical (unpaired) electrons. The molecule has 4 nitrogen and oxygen atoms in total. The highest BCUT2D eigenvalue weighted by molar-refractivity contribution is 5.94. The van der Waals surface area contributed by atoms with Gasteiger partial charge < -0.3 is 4.74 Å². The zero-order valence-corrected chi connectivity index (χ0v) is 15.8. The van der Waals surface area contributed by atoms with E-state index < -0.39 is 12.5 Å². The predicted octanol–water partition coefficient (Wildman–Crippen LogP) is 5.02. The number of fused-ring (bicyclic) bond motifs is 1. The Labute approximate surface area is 167 Å². The Hall–Kier alpha value is -3.25. The summed E-state index contributed by atoms with van der Waals surface area (Å²) in [5.41, 5.74) is 4.19. The molecule has 0 bridgehead atoms. The fourth-order valence-corrected chi connectivity index (χ4v) is 3.34. The van der Waals surface area contributed by atoms with Gasteiger partial charge in [0.1, 0.15) is 12.3 Å². The largest absolute Gasteiger partial charge is 0.378 e. The van der Waals surface area contributed by atoms with E-state index in [1.165, 1.54) is 19.4 Å². The van der Waals surface area contributed by atoms with Crippen molar-refractivity contribution >= 4 is 10.9 Å². The zero-order chi connectivity index (χ0) is 20.3. The van der Waals surface area contributed by atoms with Gasteiger partial charge in [0.05, 0.1) is 11.2 Å². The molecule has 3 heterocycles. The van der Waals surface area contributed by atoms with E-state index in [1.807, 2.05) is 42.5 Å². The van der Waals surface area contributed by atoms with Crippen molar-refractivity contribution in [2.24, 2.45) is 0 Å². The Balaban J connectivity index is 1.68. The van der Waals surface area contributed by atoms with Crippen LogP contribution < -0.4 is 0 Å². The normalized spacial score (nSPS) is 11.7. The molecule has 0 unspecified atom stereocenters. The number of alkyl halides is 2. The minimum absolute atomic E-state index is 0.303. The molecule has 3 aromatic heterocycles. The molecule has 0 aliphatic rings. The number of benzene rings is 1. The summed E-state index contributed by atoms with van der Waals surface area (Å²) in [6.45, 7) is -0.697. The smallest absolute Gasteiger partial charge is 0.312 e. The van der Waals surface area contributed by atoms with Gasteiger partial charge in [-0.05, 0) is 23.8 Å². The van der Waals surface area contributed by atoms with E-state index in [0.29, 0.717) is 6.42 Å². The highest BCUT2D eigenvalue weighted by Crippen LogP contribution is 2.30. The van der Waals surface area contributed by atoms with Crippen LogP contribution >= 0.6 is 0 Å². The summed E-state index contributed by atoms with van der Waals surface area (Å²) in [4.78, 5) is 13.0. The van der Waals surface area contributed by atoms with Crippen molar-refractivity contribution in [2.45, 2.75) is 12.3 Å². The van der Waals surface area contributed by atoms with Crippen LogP contribution in [0.2, 0.25) is 0 Å². The number of halogens is 2. The third-order valence-corrected chi connectivity index (χ3v) is 4.71. The lowest BCUT2D eigenvalue weighted by Crippen LogP contribution is -2.21. The van der Waals surface area contributed by atoms with Gasteiger partial charge in [0.25, 0.3) is 0 Å². The SMILES string of the molecule is COCC(F)(F)c1ccc(Cc2ncccc2-c2cccc3cccnc23)cn1. The number of aromatic nitrogens is 3. The number of methoxy groups -OCH3 is 1. The lowest BCUT2D eigenvalue weighted by atomic mass is 9.97.